The molecule has 0 unspecified atom stereocenters. The first-order valence-electron chi connectivity index (χ1n) is 10.0. The van der Waals surface area contributed by atoms with Crippen molar-refractivity contribution in [3.8, 4) is 0 Å². The van der Waals surface area contributed by atoms with Crippen LogP contribution in [0, 0.1) is 0 Å². The van der Waals surface area contributed by atoms with Crippen molar-refractivity contribution in [1.82, 2.24) is 20.7 Å². The van der Waals surface area contributed by atoms with E-state index in [1.54, 1.807) is 30.5 Å². The molecule has 2 amide bonds. The molecule has 1 heterocycles. The van der Waals surface area contributed by atoms with Gasteiger partial charge < -0.3 is 19.8 Å². The number of rotatable bonds is 9. The third-order valence-corrected chi connectivity index (χ3v) is 4.52. The fourth-order valence-electron chi connectivity index (χ4n) is 2.80. The van der Waals surface area contributed by atoms with E-state index in [9.17, 15) is 14.4 Å². The number of hydrogen-bond donors (Lipinski definition) is 3. The number of nitrogens with one attached hydrogen (secondary N) is 3. The van der Waals surface area contributed by atoms with Crippen LogP contribution in [0.2, 0.25) is 0 Å². The van der Waals surface area contributed by atoms with E-state index in [0.717, 1.165) is 5.56 Å². The van der Waals surface area contributed by atoms with Crippen molar-refractivity contribution >= 4 is 24.2 Å². The lowest BCUT2D eigenvalue weighted by atomic mass is 10.1. The summed E-state index contributed by atoms with van der Waals surface area (Å²) in [6, 6.07) is 14.7. The maximum Gasteiger partial charge on any atom is 0.408 e. The topological polar surface area (TPSA) is 135 Å². The number of hydrogen-bond acceptors (Lipinski definition) is 7. The van der Waals surface area contributed by atoms with Crippen molar-refractivity contribution in [3.63, 3.8) is 0 Å². The number of carbonyl (C=O) groups excluding carboxylic acids is 3. The van der Waals surface area contributed by atoms with Crippen LogP contribution in [0.1, 0.15) is 27.2 Å². The number of imidazole rings is 1. The standard InChI is InChI=1S/C23H23N5O5/c1-32-22(30)18-9-7-16(8-10-18)12-26-28-21(29)20(11-19-13-24-15-25-19)27-23(31)33-14-17-5-3-2-4-6-17/h2-10,12-13,15,20H,11,14H2,1H3,(H,24,25)(H,27,31)(H,28,29)/b26-12-/t20-/m0/s1. The smallest absolute Gasteiger partial charge is 0.408 e. The molecule has 0 bridgehead atoms. The number of H-pyrrole nitrogens is 1. The molecule has 2 aromatic carbocycles. The predicted molar refractivity (Wildman–Crippen MR) is 119 cm³/mol. The van der Waals surface area contributed by atoms with Crippen LogP contribution < -0.4 is 10.7 Å². The highest BCUT2D eigenvalue weighted by Gasteiger charge is 2.22. The van der Waals surface area contributed by atoms with Crippen LogP contribution in [0.15, 0.2) is 72.2 Å². The largest absolute Gasteiger partial charge is 0.465 e. The van der Waals surface area contributed by atoms with Gasteiger partial charge in [-0.05, 0) is 23.3 Å². The van der Waals surface area contributed by atoms with E-state index in [1.165, 1.54) is 19.7 Å². The van der Waals surface area contributed by atoms with E-state index in [4.69, 9.17) is 4.74 Å². The number of aromatic nitrogens is 2. The molecule has 10 heteroatoms. The van der Waals surface area contributed by atoms with Crippen LogP contribution >= 0.6 is 0 Å². The molecular formula is C23H23N5O5. The molecule has 33 heavy (non-hydrogen) atoms. The lowest BCUT2D eigenvalue weighted by molar-refractivity contribution is -0.123. The van der Waals surface area contributed by atoms with E-state index >= 15 is 0 Å². The molecule has 0 aliphatic rings. The van der Waals surface area contributed by atoms with Gasteiger partial charge in [-0.1, -0.05) is 42.5 Å². The number of esters is 1. The minimum atomic E-state index is -0.951. The molecule has 3 rings (SSSR count). The molecule has 3 N–H and O–H groups in total. The summed E-state index contributed by atoms with van der Waals surface area (Å²) < 4.78 is 9.86. The number of hydrazone groups is 1. The highest BCUT2D eigenvalue weighted by atomic mass is 16.5. The number of benzene rings is 2. The van der Waals surface area contributed by atoms with Gasteiger partial charge in [0.2, 0.25) is 0 Å². The zero-order valence-electron chi connectivity index (χ0n) is 17.9. The summed E-state index contributed by atoms with van der Waals surface area (Å²) in [6.45, 7) is 0.0742. The maximum absolute atomic E-state index is 12.7. The number of amides is 2. The third kappa shape index (κ3) is 7.31. The Bertz CT molecular complexity index is 1080. The maximum atomic E-state index is 12.7. The average Bonchev–Trinajstić information content (AvgIpc) is 3.36. The second kappa shape index (κ2) is 11.8. The van der Waals surface area contributed by atoms with Crippen LogP contribution in [-0.2, 0) is 27.3 Å². The first-order valence-corrected chi connectivity index (χ1v) is 10.0. The van der Waals surface area contributed by atoms with Crippen molar-refractivity contribution in [2.75, 3.05) is 7.11 Å². The Kier molecular flexibility index (Phi) is 8.29. The minimum absolute atomic E-state index is 0.0742. The lowest BCUT2D eigenvalue weighted by Crippen LogP contribution is -2.47. The summed E-state index contributed by atoms with van der Waals surface area (Å²) in [5.41, 5.74) is 4.94. The Balaban J connectivity index is 1.58. The Morgan fingerprint density at radius 3 is 2.55 bits per heavy atom. The fraction of sp³-hybridized carbons (Fsp3) is 0.174. The van der Waals surface area contributed by atoms with Crippen LogP contribution in [0.5, 0.6) is 0 Å². The van der Waals surface area contributed by atoms with Gasteiger partial charge in [-0.2, -0.15) is 5.10 Å². The number of carbonyl (C=O) groups is 3. The number of nitrogens with zero attached hydrogens (tertiary/aromatic N) is 2. The second-order valence-corrected chi connectivity index (χ2v) is 6.89. The molecule has 170 valence electrons. The van der Waals surface area contributed by atoms with Crippen LogP contribution in [-0.4, -0.2) is 47.3 Å². The summed E-state index contributed by atoms with van der Waals surface area (Å²) in [6.07, 6.45) is 3.88. The fourth-order valence-corrected chi connectivity index (χ4v) is 2.80. The molecular weight excluding hydrogens is 426 g/mol. The predicted octanol–water partition coefficient (Wildman–Crippen LogP) is 2.18. The van der Waals surface area contributed by atoms with Crippen LogP contribution in [0.25, 0.3) is 0 Å². The van der Waals surface area contributed by atoms with Crippen molar-refractivity contribution < 1.29 is 23.9 Å². The van der Waals surface area contributed by atoms with Gasteiger partial charge in [0, 0.05) is 18.3 Å². The monoisotopic (exact) mass is 449 g/mol. The lowest BCUT2D eigenvalue weighted by Gasteiger charge is -2.16. The summed E-state index contributed by atoms with van der Waals surface area (Å²) in [5.74, 6) is -0.984. The molecule has 0 saturated heterocycles. The zero-order chi connectivity index (χ0) is 23.5. The molecule has 1 aromatic heterocycles. The van der Waals surface area contributed by atoms with Gasteiger partial charge in [0.1, 0.15) is 12.6 Å². The molecule has 3 aromatic rings. The first kappa shape index (κ1) is 23.2. The SMILES string of the molecule is COC(=O)c1ccc(/C=N\NC(=O)[C@H](Cc2cnc[nH]2)NC(=O)OCc2ccccc2)cc1. The molecule has 0 radical (unpaired) electrons. The van der Waals surface area contributed by atoms with Crippen molar-refractivity contribution in [2.45, 2.75) is 19.1 Å². The normalized spacial score (nSPS) is 11.5. The van der Waals surface area contributed by atoms with Gasteiger partial charge in [0.05, 0.1) is 25.2 Å². The van der Waals surface area contributed by atoms with Crippen molar-refractivity contribution in [2.24, 2.45) is 5.10 Å². The zero-order valence-corrected chi connectivity index (χ0v) is 17.9. The van der Waals surface area contributed by atoms with Crippen molar-refractivity contribution in [3.05, 3.63) is 89.5 Å². The highest BCUT2D eigenvalue weighted by molar-refractivity contribution is 5.91. The number of aromatic amines is 1. The van der Waals surface area contributed by atoms with Gasteiger partial charge in [-0.15, -0.1) is 0 Å². The quantitative estimate of drug-likeness (QED) is 0.260. The molecule has 0 aliphatic heterocycles. The summed E-state index contributed by atoms with van der Waals surface area (Å²) in [4.78, 5) is 43.2. The Hall–Kier alpha value is -4.47. The van der Waals surface area contributed by atoms with Crippen LogP contribution in [0.4, 0.5) is 4.79 Å². The molecule has 0 fully saturated rings. The first-order chi connectivity index (χ1) is 16.0. The van der Waals surface area contributed by atoms with Gasteiger partial charge in [0.15, 0.2) is 0 Å². The molecule has 10 nitrogen and oxygen atoms in total. The van der Waals surface area contributed by atoms with E-state index in [1.807, 2.05) is 30.3 Å². The van der Waals surface area contributed by atoms with Gasteiger partial charge in [-0.25, -0.2) is 20.0 Å². The molecule has 0 aliphatic carbocycles. The number of alkyl carbamates (subject to hydrolysis) is 1. The summed E-state index contributed by atoms with van der Waals surface area (Å²) in [5, 5.41) is 6.48. The van der Waals surface area contributed by atoms with E-state index in [-0.39, 0.29) is 13.0 Å². The Morgan fingerprint density at radius 1 is 1.12 bits per heavy atom. The molecule has 0 spiro atoms. The van der Waals surface area contributed by atoms with Gasteiger partial charge in [0.25, 0.3) is 5.91 Å². The van der Waals surface area contributed by atoms with E-state index in [2.05, 4.69) is 30.5 Å². The Labute approximate surface area is 190 Å². The molecule has 0 saturated carbocycles. The summed E-state index contributed by atoms with van der Waals surface area (Å²) in [7, 11) is 1.30. The highest BCUT2D eigenvalue weighted by Crippen LogP contribution is 2.05. The van der Waals surface area contributed by atoms with E-state index in [0.29, 0.717) is 16.8 Å². The number of ether oxygens (including phenoxy) is 2. The Morgan fingerprint density at radius 2 is 1.88 bits per heavy atom. The van der Waals surface area contributed by atoms with Gasteiger partial charge in [-0.3, -0.25) is 4.79 Å². The third-order valence-electron chi connectivity index (χ3n) is 4.52. The average molecular weight is 449 g/mol. The van der Waals surface area contributed by atoms with Crippen LogP contribution in [0.3, 0.4) is 0 Å². The number of methoxy groups -OCH3 is 1. The molecule has 1 atom stereocenters. The van der Waals surface area contributed by atoms with Gasteiger partial charge >= 0.3 is 12.1 Å². The summed E-state index contributed by atoms with van der Waals surface area (Å²) >= 11 is 0. The second-order valence-electron chi connectivity index (χ2n) is 6.89. The minimum Gasteiger partial charge on any atom is -0.465 e. The van der Waals surface area contributed by atoms with Crippen molar-refractivity contribution in [1.29, 1.82) is 0 Å². The van der Waals surface area contributed by atoms with E-state index < -0.39 is 24.0 Å².